The molecule has 5 nitrogen and oxygen atoms in total. The number of hydrogen-bond acceptors (Lipinski definition) is 3. The summed E-state index contributed by atoms with van der Waals surface area (Å²) < 4.78 is 81.4. The molecule has 0 saturated heterocycles. The highest BCUT2D eigenvalue weighted by atomic mass is 19.4. The third-order valence-corrected chi connectivity index (χ3v) is 3.25. The van der Waals surface area contributed by atoms with Crippen LogP contribution in [-0.2, 0) is 17.1 Å². The van der Waals surface area contributed by atoms with E-state index in [9.17, 15) is 35.9 Å². The molecule has 1 aromatic heterocycles. The molecule has 2 aromatic rings. The lowest BCUT2D eigenvalue weighted by molar-refractivity contribution is -0.143. The minimum atomic E-state index is -5.02. The number of hydrogen-bond donors (Lipinski definition) is 2. The number of nitrogens with one attached hydrogen (secondary N) is 2. The predicted octanol–water partition coefficient (Wildman–Crippen LogP) is 4.08. The summed E-state index contributed by atoms with van der Waals surface area (Å²) in [6.07, 6.45) is -9.15. The number of rotatable bonds is 5. The molecule has 0 aliphatic rings. The summed E-state index contributed by atoms with van der Waals surface area (Å²) in [6.45, 7) is -0.198. The van der Waals surface area contributed by atoms with Gasteiger partial charge in [0.25, 0.3) is 5.91 Å². The van der Waals surface area contributed by atoms with E-state index < -0.39 is 41.0 Å². The first kappa shape index (κ1) is 20.3. The predicted molar refractivity (Wildman–Crippen MR) is 80.7 cm³/mol. The van der Waals surface area contributed by atoms with Crippen molar-refractivity contribution in [1.29, 1.82) is 0 Å². The van der Waals surface area contributed by atoms with E-state index in [0.717, 1.165) is 0 Å². The molecule has 1 aromatic carbocycles. The molecule has 0 fully saturated rings. The molecular formula is C16H12F6N2O3. The Labute approximate surface area is 148 Å². The van der Waals surface area contributed by atoms with Crippen molar-refractivity contribution in [2.24, 2.45) is 0 Å². The molecule has 1 heterocycles. The monoisotopic (exact) mass is 394 g/mol. The number of furan rings is 1. The van der Waals surface area contributed by atoms with Gasteiger partial charge in [-0.3, -0.25) is 9.59 Å². The van der Waals surface area contributed by atoms with Crippen molar-refractivity contribution in [2.75, 3.05) is 11.9 Å². The number of carbonyl (C=O) groups is 2. The second kappa shape index (κ2) is 7.72. The van der Waals surface area contributed by atoms with Crippen LogP contribution < -0.4 is 10.6 Å². The number of carbonyl (C=O) groups excluding carboxylic acids is 2. The van der Waals surface area contributed by atoms with E-state index >= 15 is 0 Å². The van der Waals surface area contributed by atoms with Crippen molar-refractivity contribution < 1.29 is 40.3 Å². The van der Waals surface area contributed by atoms with Crippen molar-refractivity contribution in [2.45, 2.75) is 18.8 Å². The summed E-state index contributed by atoms with van der Waals surface area (Å²) in [5, 5.41) is 4.28. The lowest BCUT2D eigenvalue weighted by Gasteiger charge is -2.14. The van der Waals surface area contributed by atoms with Crippen molar-refractivity contribution in [3.63, 3.8) is 0 Å². The molecule has 0 saturated carbocycles. The van der Waals surface area contributed by atoms with E-state index in [4.69, 9.17) is 4.42 Å². The van der Waals surface area contributed by atoms with Crippen LogP contribution in [0.25, 0.3) is 0 Å². The quantitative estimate of drug-likeness (QED) is 0.751. The third kappa shape index (κ3) is 5.76. The third-order valence-electron chi connectivity index (χ3n) is 3.25. The van der Waals surface area contributed by atoms with Gasteiger partial charge in [-0.2, -0.15) is 26.3 Å². The highest BCUT2D eigenvalue weighted by molar-refractivity contribution is 5.93. The molecule has 0 atom stereocenters. The van der Waals surface area contributed by atoms with Gasteiger partial charge >= 0.3 is 12.4 Å². The largest absolute Gasteiger partial charge is 0.459 e. The van der Waals surface area contributed by atoms with Gasteiger partial charge in [0.05, 0.1) is 17.4 Å². The Hall–Kier alpha value is -2.98. The van der Waals surface area contributed by atoms with E-state index in [2.05, 4.69) is 5.32 Å². The molecule has 0 aliphatic carbocycles. The standard InChI is InChI=1S/C16H12F6N2O3/c17-15(18,19)9-6-10(16(20,21)22)8-11(7-9)24-13(25)3-4-23-14(26)12-2-1-5-27-12/h1-2,5-8H,3-4H2,(H,23,26)(H,24,25). The Kier molecular flexibility index (Phi) is 5.82. The molecule has 2 amide bonds. The Bertz CT molecular complexity index is 780. The maximum Gasteiger partial charge on any atom is 0.416 e. The van der Waals surface area contributed by atoms with Crippen molar-refractivity contribution in [3.05, 3.63) is 53.5 Å². The number of anilines is 1. The summed E-state index contributed by atoms with van der Waals surface area (Å²) in [6, 6.07) is 3.59. The fraction of sp³-hybridized carbons (Fsp3) is 0.250. The van der Waals surface area contributed by atoms with Crippen LogP contribution in [0.3, 0.4) is 0 Å². The summed E-state index contributed by atoms with van der Waals surface area (Å²) in [7, 11) is 0. The first-order chi connectivity index (χ1) is 12.5. The molecule has 0 spiro atoms. The zero-order valence-corrected chi connectivity index (χ0v) is 13.4. The van der Waals surface area contributed by atoms with Gasteiger partial charge in [0, 0.05) is 18.7 Å². The molecule has 0 radical (unpaired) electrons. The van der Waals surface area contributed by atoms with E-state index in [1.165, 1.54) is 18.4 Å². The van der Waals surface area contributed by atoms with Crippen LogP contribution in [0, 0.1) is 0 Å². The van der Waals surface area contributed by atoms with Crippen LogP contribution in [0.1, 0.15) is 28.1 Å². The Balaban J connectivity index is 2.02. The zero-order valence-electron chi connectivity index (χ0n) is 13.4. The first-order valence-corrected chi connectivity index (χ1v) is 7.38. The Morgan fingerprint density at radius 1 is 0.963 bits per heavy atom. The first-order valence-electron chi connectivity index (χ1n) is 7.38. The van der Waals surface area contributed by atoms with Crippen LogP contribution >= 0.6 is 0 Å². The number of alkyl halides is 6. The minimum Gasteiger partial charge on any atom is -0.459 e. The van der Waals surface area contributed by atoms with Gasteiger partial charge in [-0.1, -0.05) is 0 Å². The van der Waals surface area contributed by atoms with Crippen LogP contribution in [-0.4, -0.2) is 18.4 Å². The van der Waals surface area contributed by atoms with Crippen molar-refractivity contribution >= 4 is 17.5 Å². The van der Waals surface area contributed by atoms with Crippen LogP contribution in [0.2, 0.25) is 0 Å². The van der Waals surface area contributed by atoms with Crippen molar-refractivity contribution in [1.82, 2.24) is 5.32 Å². The Morgan fingerprint density at radius 2 is 1.56 bits per heavy atom. The second-order valence-corrected chi connectivity index (χ2v) is 5.33. The van der Waals surface area contributed by atoms with Crippen LogP contribution in [0.5, 0.6) is 0 Å². The molecule has 27 heavy (non-hydrogen) atoms. The normalized spacial score (nSPS) is 11.9. The van der Waals surface area contributed by atoms with Gasteiger partial charge < -0.3 is 15.1 Å². The van der Waals surface area contributed by atoms with Gasteiger partial charge in [0.15, 0.2) is 5.76 Å². The summed E-state index contributed by atoms with van der Waals surface area (Å²) >= 11 is 0. The maximum absolute atomic E-state index is 12.8. The van der Waals surface area contributed by atoms with E-state index in [1.54, 1.807) is 0 Å². The summed E-state index contributed by atoms with van der Waals surface area (Å²) in [5.41, 5.74) is -3.74. The molecule has 2 N–H and O–H groups in total. The average Bonchev–Trinajstić information content (AvgIpc) is 3.07. The van der Waals surface area contributed by atoms with E-state index in [1.807, 2.05) is 5.32 Å². The SMILES string of the molecule is O=C(CCNC(=O)c1ccco1)Nc1cc(C(F)(F)F)cc(C(F)(F)F)c1. The van der Waals surface area contributed by atoms with Gasteiger partial charge in [-0.15, -0.1) is 0 Å². The number of benzene rings is 1. The summed E-state index contributed by atoms with van der Waals surface area (Å²) in [4.78, 5) is 23.3. The van der Waals surface area contributed by atoms with Gasteiger partial charge in [0.1, 0.15) is 0 Å². The molecule has 0 unspecified atom stereocenters. The van der Waals surface area contributed by atoms with Crippen LogP contribution in [0.4, 0.5) is 32.0 Å². The molecule has 146 valence electrons. The molecule has 0 bridgehead atoms. The van der Waals surface area contributed by atoms with E-state index in [0.29, 0.717) is 12.1 Å². The highest BCUT2D eigenvalue weighted by Crippen LogP contribution is 2.37. The molecule has 11 heteroatoms. The summed E-state index contributed by atoms with van der Waals surface area (Å²) in [5.74, 6) is -1.50. The van der Waals surface area contributed by atoms with Crippen molar-refractivity contribution in [3.8, 4) is 0 Å². The lowest BCUT2D eigenvalue weighted by atomic mass is 10.1. The van der Waals surface area contributed by atoms with Gasteiger partial charge in [-0.25, -0.2) is 0 Å². The molecular weight excluding hydrogens is 382 g/mol. The van der Waals surface area contributed by atoms with Gasteiger partial charge in [0.2, 0.25) is 5.91 Å². The highest BCUT2D eigenvalue weighted by Gasteiger charge is 2.37. The topological polar surface area (TPSA) is 71.3 Å². The Morgan fingerprint density at radius 3 is 2.04 bits per heavy atom. The number of halogens is 6. The number of amides is 2. The van der Waals surface area contributed by atoms with Crippen LogP contribution in [0.15, 0.2) is 41.0 Å². The smallest absolute Gasteiger partial charge is 0.416 e. The maximum atomic E-state index is 12.8. The fourth-order valence-corrected chi connectivity index (χ4v) is 2.04. The molecule has 2 rings (SSSR count). The second-order valence-electron chi connectivity index (χ2n) is 5.33. The van der Waals surface area contributed by atoms with Gasteiger partial charge in [-0.05, 0) is 30.3 Å². The van der Waals surface area contributed by atoms with E-state index in [-0.39, 0.29) is 24.8 Å². The lowest BCUT2D eigenvalue weighted by Crippen LogP contribution is -2.27. The zero-order chi connectivity index (χ0) is 20.2. The minimum absolute atomic E-state index is 0.0110. The molecule has 0 aliphatic heterocycles. The fourth-order valence-electron chi connectivity index (χ4n) is 2.04. The average molecular weight is 394 g/mol.